The van der Waals surface area contributed by atoms with Crippen LogP contribution in [0.3, 0.4) is 0 Å². The van der Waals surface area contributed by atoms with E-state index in [9.17, 15) is 9.59 Å². The number of allylic oxidation sites excluding steroid dienone is 2. The zero-order valence-electron chi connectivity index (χ0n) is 16.0. The number of Topliss-reactive ketones (excluding diaryl/α,β-unsaturated/α-hetero) is 1. The van der Waals surface area contributed by atoms with Gasteiger partial charge in [0.1, 0.15) is 11.3 Å². The first-order chi connectivity index (χ1) is 12.6. The van der Waals surface area contributed by atoms with Crippen molar-refractivity contribution in [2.75, 3.05) is 0 Å². The summed E-state index contributed by atoms with van der Waals surface area (Å²) in [6, 6.07) is 7.05. The second kappa shape index (κ2) is 7.04. The summed E-state index contributed by atoms with van der Waals surface area (Å²) in [5, 5.41) is 0.569. The number of rotatable bonds is 3. The van der Waals surface area contributed by atoms with Crippen molar-refractivity contribution in [3.05, 3.63) is 57.6 Å². The fraction of sp³-hybridized carbons (Fsp3) is 0.429. The van der Waals surface area contributed by atoms with Crippen LogP contribution in [0.25, 0.3) is 0 Å². The average Bonchev–Trinajstić information content (AvgIpc) is 2.52. The van der Waals surface area contributed by atoms with E-state index in [-0.39, 0.29) is 28.8 Å². The molecule has 1 aromatic carbocycles. The predicted octanol–water partition coefficient (Wildman–Crippen LogP) is 4.22. The molecule has 1 atom stereocenters. The molecule has 144 valence electrons. The van der Waals surface area contributed by atoms with Gasteiger partial charge >= 0.3 is 5.97 Å². The van der Waals surface area contributed by atoms with Crippen molar-refractivity contribution in [1.29, 1.82) is 0 Å². The Morgan fingerprint density at radius 3 is 2.48 bits per heavy atom. The SMILES string of the molecule is CC(C)OC(=O)C1=C(N)OC2=C(C(=O)CC(C)(C)C2)[C@H]1c1ccc(Cl)cc1. The largest absolute Gasteiger partial charge is 0.459 e. The summed E-state index contributed by atoms with van der Waals surface area (Å²) in [5.74, 6) is -0.712. The van der Waals surface area contributed by atoms with Crippen LogP contribution < -0.4 is 5.73 Å². The molecule has 27 heavy (non-hydrogen) atoms. The maximum Gasteiger partial charge on any atom is 0.340 e. The first-order valence-corrected chi connectivity index (χ1v) is 9.37. The van der Waals surface area contributed by atoms with Gasteiger partial charge in [-0.3, -0.25) is 4.79 Å². The number of carbonyl (C=O) groups is 2. The van der Waals surface area contributed by atoms with Gasteiger partial charge in [0.25, 0.3) is 0 Å². The van der Waals surface area contributed by atoms with E-state index in [4.69, 9.17) is 26.8 Å². The molecule has 1 aliphatic heterocycles. The van der Waals surface area contributed by atoms with Gasteiger partial charge in [0.05, 0.1) is 12.0 Å². The van der Waals surface area contributed by atoms with E-state index >= 15 is 0 Å². The molecule has 0 spiro atoms. The Balaban J connectivity index is 2.15. The third-order valence-electron chi connectivity index (χ3n) is 4.72. The molecule has 0 saturated heterocycles. The van der Waals surface area contributed by atoms with Crippen molar-refractivity contribution in [1.82, 2.24) is 0 Å². The van der Waals surface area contributed by atoms with E-state index in [1.807, 2.05) is 13.8 Å². The lowest BCUT2D eigenvalue weighted by molar-refractivity contribution is -0.143. The van der Waals surface area contributed by atoms with Crippen LogP contribution in [-0.2, 0) is 19.1 Å². The van der Waals surface area contributed by atoms with Crippen LogP contribution in [0, 0.1) is 5.41 Å². The molecule has 0 unspecified atom stereocenters. The minimum atomic E-state index is -0.624. The van der Waals surface area contributed by atoms with Crippen LogP contribution in [0.4, 0.5) is 0 Å². The van der Waals surface area contributed by atoms with Crippen LogP contribution in [0.15, 0.2) is 47.1 Å². The molecular weight excluding hydrogens is 366 g/mol. The molecular formula is C21H24ClNO4. The number of benzene rings is 1. The van der Waals surface area contributed by atoms with E-state index in [0.29, 0.717) is 29.2 Å². The van der Waals surface area contributed by atoms with E-state index < -0.39 is 11.9 Å². The number of hydrogen-bond acceptors (Lipinski definition) is 5. The molecule has 1 aromatic rings. The lowest BCUT2D eigenvalue weighted by Crippen LogP contribution is -2.36. The highest BCUT2D eigenvalue weighted by atomic mass is 35.5. The molecule has 0 amide bonds. The Hall–Kier alpha value is -2.27. The average molecular weight is 390 g/mol. The van der Waals surface area contributed by atoms with Gasteiger partial charge in [-0.1, -0.05) is 37.6 Å². The van der Waals surface area contributed by atoms with Crippen molar-refractivity contribution >= 4 is 23.4 Å². The van der Waals surface area contributed by atoms with E-state index in [0.717, 1.165) is 5.56 Å². The van der Waals surface area contributed by atoms with Crippen LogP contribution >= 0.6 is 11.6 Å². The maximum absolute atomic E-state index is 13.0. The number of hydrogen-bond donors (Lipinski definition) is 1. The van der Waals surface area contributed by atoms with Gasteiger partial charge < -0.3 is 15.2 Å². The Labute approximate surface area is 164 Å². The minimum absolute atomic E-state index is 0.00940. The third kappa shape index (κ3) is 3.88. The summed E-state index contributed by atoms with van der Waals surface area (Å²) in [5.41, 5.74) is 7.32. The van der Waals surface area contributed by atoms with Gasteiger partial charge in [-0.25, -0.2) is 4.79 Å². The molecule has 0 aromatic heterocycles. The quantitative estimate of drug-likeness (QED) is 0.783. The highest BCUT2D eigenvalue weighted by molar-refractivity contribution is 6.30. The van der Waals surface area contributed by atoms with Crippen molar-refractivity contribution < 1.29 is 19.1 Å². The molecule has 6 heteroatoms. The number of esters is 1. The van der Waals surface area contributed by atoms with E-state index in [1.165, 1.54) is 0 Å². The Morgan fingerprint density at radius 2 is 1.89 bits per heavy atom. The first-order valence-electron chi connectivity index (χ1n) is 8.99. The molecule has 0 bridgehead atoms. The summed E-state index contributed by atoms with van der Waals surface area (Å²) < 4.78 is 11.2. The number of ketones is 1. The van der Waals surface area contributed by atoms with Gasteiger partial charge in [0.2, 0.25) is 5.88 Å². The number of ether oxygens (including phenoxy) is 2. The van der Waals surface area contributed by atoms with Crippen molar-refractivity contribution in [2.24, 2.45) is 11.1 Å². The molecule has 1 heterocycles. The summed E-state index contributed by atoms with van der Waals surface area (Å²) in [6.07, 6.45) is 0.636. The fourth-order valence-electron chi connectivity index (χ4n) is 3.65. The Bertz CT molecular complexity index is 849. The maximum atomic E-state index is 13.0. The second-order valence-electron chi connectivity index (χ2n) is 8.10. The minimum Gasteiger partial charge on any atom is -0.459 e. The summed E-state index contributed by atoms with van der Waals surface area (Å²) in [7, 11) is 0. The molecule has 5 nitrogen and oxygen atoms in total. The number of halogens is 1. The van der Waals surface area contributed by atoms with Crippen molar-refractivity contribution in [2.45, 2.75) is 52.6 Å². The highest BCUT2D eigenvalue weighted by Crippen LogP contribution is 2.48. The van der Waals surface area contributed by atoms with Gasteiger partial charge in [-0.2, -0.15) is 0 Å². The molecule has 0 fully saturated rings. The monoisotopic (exact) mass is 389 g/mol. The Morgan fingerprint density at radius 1 is 1.26 bits per heavy atom. The zero-order valence-corrected chi connectivity index (χ0v) is 16.7. The summed E-state index contributed by atoms with van der Waals surface area (Å²) in [4.78, 5) is 25.8. The zero-order chi connectivity index (χ0) is 19.9. The van der Waals surface area contributed by atoms with Gasteiger partial charge in [-0.05, 0) is 37.0 Å². The van der Waals surface area contributed by atoms with Gasteiger partial charge in [0, 0.05) is 23.4 Å². The molecule has 2 aliphatic rings. The second-order valence-corrected chi connectivity index (χ2v) is 8.53. The van der Waals surface area contributed by atoms with Gasteiger partial charge in [-0.15, -0.1) is 0 Å². The Kier molecular flexibility index (Phi) is 5.08. The third-order valence-corrected chi connectivity index (χ3v) is 4.97. The van der Waals surface area contributed by atoms with Gasteiger partial charge in [0.15, 0.2) is 5.78 Å². The smallest absolute Gasteiger partial charge is 0.340 e. The fourth-order valence-corrected chi connectivity index (χ4v) is 3.78. The highest BCUT2D eigenvalue weighted by Gasteiger charge is 2.45. The summed E-state index contributed by atoms with van der Waals surface area (Å²) >= 11 is 6.02. The summed E-state index contributed by atoms with van der Waals surface area (Å²) in [6.45, 7) is 7.54. The normalized spacial score (nSPS) is 21.9. The predicted molar refractivity (Wildman–Crippen MR) is 103 cm³/mol. The van der Waals surface area contributed by atoms with Crippen LogP contribution in [0.5, 0.6) is 0 Å². The lowest BCUT2D eigenvalue weighted by Gasteiger charge is -2.38. The topological polar surface area (TPSA) is 78.6 Å². The molecule has 2 N–H and O–H groups in total. The van der Waals surface area contributed by atoms with Crippen LogP contribution in [-0.4, -0.2) is 17.9 Å². The van der Waals surface area contributed by atoms with Crippen molar-refractivity contribution in [3.63, 3.8) is 0 Å². The van der Waals surface area contributed by atoms with E-state index in [2.05, 4.69) is 0 Å². The standard InChI is InChI=1S/C21H24ClNO4/c1-11(2)26-20(25)18-16(12-5-7-13(22)8-6-12)17-14(24)9-21(3,4)10-15(17)27-19(18)23/h5-8,11,16H,9-10,23H2,1-4H3/t16-/m1/s1. The van der Waals surface area contributed by atoms with Crippen molar-refractivity contribution in [3.8, 4) is 0 Å². The van der Waals surface area contributed by atoms with Crippen LogP contribution in [0.2, 0.25) is 5.02 Å². The lowest BCUT2D eigenvalue weighted by atomic mass is 9.70. The first kappa shape index (κ1) is 19.5. The molecule has 0 radical (unpaired) electrons. The molecule has 1 aliphatic carbocycles. The number of carbonyl (C=O) groups excluding carboxylic acids is 2. The number of nitrogens with two attached hydrogens (primary N) is 1. The molecule has 0 saturated carbocycles. The molecule has 3 rings (SSSR count). The van der Waals surface area contributed by atoms with Crippen LogP contribution in [0.1, 0.15) is 52.0 Å². The van der Waals surface area contributed by atoms with E-state index in [1.54, 1.807) is 38.1 Å².